The molecule has 0 saturated carbocycles. The summed E-state index contributed by atoms with van der Waals surface area (Å²) in [4.78, 5) is 0. The Kier molecular flexibility index (Phi) is 4.89. The lowest BCUT2D eigenvalue weighted by Crippen LogP contribution is -2.37. The zero-order chi connectivity index (χ0) is 13.8. The van der Waals surface area contributed by atoms with Crippen LogP contribution in [0.4, 0.5) is 0 Å². The fraction of sp³-hybridized carbons (Fsp3) is 0.533. The third kappa shape index (κ3) is 4.14. The van der Waals surface area contributed by atoms with Crippen LogP contribution in [0, 0.1) is 16.7 Å². The van der Waals surface area contributed by atoms with E-state index in [9.17, 15) is 5.11 Å². The topological polar surface area (TPSA) is 56.0 Å². The van der Waals surface area contributed by atoms with Crippen LogP contribution in [0.25, 0.3) is 0 Å². The Hall–Kier alpha value is -1.37. The van der Waals surface area contributed by atoms with Crippen molar-refractivity contribution in [2.75, 3.05) is 6.54 Å². The average Bonchev–Trinajstić information content (AvgIpc) is 2.34. The number of benzene rings is 1. The van der Waals surface area contributed by atoms with E-state index in [-0.39, 0.29) is 17.6 Å². The molecule has 1 aromatic carbocycles. The van der Waals surface area contributed by atoms with Gasteiger partial charge in [0, 0.05) is 12.6 Å². The van der Waals surface area contributed by atoms with Crippen LogP contribution in [0.3, 0.4) is 0 Å². The van der Waals surface area contributed by atoms with E-state index < -0.39 is 0 Å². The summed E-state index contributed by atoms with van der Waals surface area (Å²) in [6.45, 7) is 8.67. The van der Waals surface area contributed by atoms with Crippen molar-refractivity contribution in [2.45, 2.75) is 39.8 Å². The van der Waals surface area contributed by atoms with Gasteiger partial charge in [-0.05, 0) is 30.0 Å². The molecule has 3 heteroatoms. The number of nitrogens with zero attached hydrogens (tertiary/aromatic N) is 1. The highest BCUT2D eigenvalue weighted by Crippen LogP contribution is 2.19. The first kappa shape index (κ1) is 14.7. The molecule has 0 saturated heterocycles. The van der Waals surface area contributed by atoms with Gasteiger partial charge in [-0.25, -0.2) is 0 Å². The van der Waals surface area contributed by atoms with Crippen LogP contribution in [0.5, 0.6) is 0 Å². The molecule has 0 fully saturated rings. The fourth-order valence-corrected chi connectivity index (χ4v) is 1.56. The van der Waals surface area contributed by atoms with Crippen LogP contribution in [-0.2, 0) is 0 Å². The molecule has 0 aliphatic heterocycles. The maximum Gasteiger partial charge on any atom is 0.0991 e. The molecule has 0 aromatic heterocycles. The zero-order valence-electron chi connectivity index (χ0n) is 11.6. The first-order valence-corrected chi connectivity index (χ1v) is 6.26. The monoisotopic (exact) mass is 246 g/mol. The van der Waals surface area contributed by atoms with Gasteiger partial charge in [-0.3, -0.25) is 0 Å². The lowest BCUT2D eigenvalue weighted by Gasteiger charge is -2.27. The van der Waals surface area contributed by atoms with Crippen molar-refractivity contribution in [3.8, 4) is 6.07 Å². The zero-order valence-corrected chi connectivity index (χ0v) is 11.6. The van der Waals surface area contributed by atoms with Crippen LogP contribution in [0.15, 0.2) is 24.3 Å². The molecule has 3 nitrogen and oxygen atoms in total. The van der Waals surface area contributed by atoms with Gasteiger partial charge < -0.3 is 10.4 Å². The van der Waals surface area contributed by atoms with Gasteiger partial charge in [-0.15, -0.1) is 0 Å². The Morgan fingerprint density at radius 1 is 1.28 bits per heavy atom. The summed E-state index contributed by atoms with van der Waals surface area (Å²) in [7, 11) is 0. The van der Waals surface area contributed by atoms with Crippen LogP contribution in [-0.4, -0.2) is 17.8 Å². The van der Waals surface area contributed by atoms with Gasteiger partial charge in [0.1, 0.15) is 0 Å². The molecule has 0 aliphatic carbocycles. The molecule has 0 amide bonds. The second kappa shape index (κ2) is 5.99. The van der Waals surface area contributed by atoms with E-state index in [1.165, 1.54) is 0 Å². The van der Waals surface area contributed by atoms with Crippen LogP contribution in [0.2, 0.25) is 0 Å². The van der Waals surface area contributed by atoms with E-state index in [2.05, 4.69) is 18.3 Å². The molecule has 2 atom stereocenters. The summed E-state index contributed by atoms with van der Waals surface area (Å²) < 4.78 is 0. The van der Waals surface area contributed by atoms with Gasteiger partial charge >= 0.3 is 0 Å². The largest absolute Gasteiger partial charge is 0.391 e. The van der Waals surface area contributed by atoms with Crippen LogP contribution >= 0.6 is 0 Å². The number of nitriles is 1. The van der Waals surface area contributed by atoms with Crippen LogP contribution in [0.1, 0.15) is 44.9 Å². The van der Waals surface area contributed by atoms with Gasteiger partial charge in [0.2, 0.25) is 0 Å². The van der Waals surface area contributed by atoms with Gasteiger partial charge in [0.05, 0.1) is 17.7 Å². The molecule has 0 radical (unpaired) electrons. The van der Waals surface area contributed by atoms with Crippen molar-refractivity contribution < 1.29 is 5.11 Å². The van der Waals surface area contributed by atoms with Crippen molar-refractivity contribution in [1.82, 2.24) is 5.32 Å². The summed E-state index contributed by atoms with van der Waals surface area (Å²) in [6.07, 6.45) is -0.377. The number of aliphatic hydroxyl groups is 1. The quantitative estimate of drug-likeness (QED) is 0.858. The van der Waals surface area contributed by atoms with E-state index in [0.717, 1.165) is 5.56 Å². The predicted octanol–water partition coefficient (Wildman–Crippen LogP) is 2.62. The smallest absolute Gasteiger partial charge is 0.0991 e. The van der Waals surface area contributed by atoms with Gasteiger partial charge in [-0.2, -0.15) is 5.26 Å². The number of aliphatic hydroxyl groups excluding tert-OH is 1. The standard InChI is InChI=1S/C15H22N2O/c1-11(17-10-14(18)15(2,3)4)13-7-5-12(9-16)6-8-13/h5-8,11,14,17-18H,10H2,1-4H3/t11-,14-/m0/s1. The Balaban J connectivity index is 2.55. The van der Waals surface area contributed by atoms with Crippen molar-refractivity contribution in [1.29, 1.82) is 5.26 Å². The molecule has 0 unspecified atom stereocenters. The van der Waals surface area contributed by atoms with E-state index in [1.807, 2.05) is 45.0 Å². The highest BCUT2D eigenvalue weighted by molar-refractivity contribution is 5.32. The van der Waals surface area contributed by atoms with Gasteiger partial charge in [-0.1, -0.05) is 32.9 Å². The maximum atomic E-state index is 9.96. The number of hydrogen-bond acceptors (Lipinski definition) is 3. The summed E-state index contributed by atoms with van der Waals surface area (Å²) >= 11 is 0. The first-order chi connectivity index (χ1) is 8.34. The Morgan fingerprint density at radius 3 is 2.28 bits per heavy atom. The third-order valence-corrected chi connectivity index (χ3v) is 3.16. The van der Waals surface area contributed by atoms with E-state index >= 15 is 0 Å². The SMILES string of the molecule is C[C@H](NC[C@H](O)C(C)(C)C)c1ccc(C#N)cc1. The number of hydrogen-bond donors (Lipinski definition) is 2. The number of nitrogens with one attached hydrogen (secondary N) is 1. The predicted molar refractivity (Wildman–Crippen MR) is 73.0 cm³/mol. The molecular formula is C15H22N2O. The van der Waals surface area contributed by atoms with E-state index in [1.54, 1.807) is 0 Å². The van der Waals surface area contributed by atoms with Crippen molar-refractivity contribution in [3.63, 3.8) is 0 Å². The fourth-order valence-electron chi connectivity index (χ4n) is 1.56. The van der Waals surface area contributed by atoms with Crippen molar-refractivity contribution in [3.05, 3.63) is 35.4 Å². The van der Waals surface area contributed by atoms with Crippen LogP contribution < -0.4 is 5.32 Å². The van der Waals surface area contributed by atoms with E-state index in [4.69, 9.17) is 5.26 Å². The highest BCUT2D eigenvalue weighted by atomic mass is 16.3. The van der Waals surface area contributed by atoms with E-state index in [0.29, 0.717) is 12.1 Å². The Labute approximate surface area is 109 Å². The molecule has 98 valence electrons. The first-order valence-electron chi connectivity index (χ1n) is 6.26. The number of rotatable bonds is 4. The molecule has 1 rings (SSSR count). The molecule has 0 spiro atoms. The summed E-state index contributed by atoms with van der Waals surface area (Å²) in [5, 5.41) is 22.0. The van der Waals surface area contributed by atoms with Crippen molar-refractivity contribution in [2.24, 2.45) is 5.41 Å². The average molecular weight is 246 g/mol. The summed E-state index contributed by atoms with van der Waals surface area (Å²) in [5.41, 5.74) is 1.67. The maximum absolute atomic E-state index is 9.96. The Bertz CT molecular complexity index is 412. The molecular weight excluding hydrogens is 224 g/mol. The van der Waals surface area contributed by atoms with Gasteiger partial charge in [0.15, 0.2) is 0 Å². The lowest BCUT2D eigenvalue weighted by atomic mass is 9.89. The summed E-state index contributed by atoms with van der Waals surface area (Å²) in [5.74, 6) is 0. The molecule has 0 bridgehead atoms. The minimum absolute atomic E-state index is 0.114. The van der Waals surface area contributed by atoms with Crippen molar-refractivity contribution >= 4 is 0 Å². The second-order valence-electron chi connectivity index (χ2n) is 5.75. The molecule has 1 aromatic rings. The lowest BCUT2D eigenvalue weighted by molar-refractivity contribution is 0.0609. The molecule has 0 aliphatic rings. The minimum atomic E-state index is -0.377. The third-order valence-electron chi connectivity index (χ3n) is 3.16. The second-order valence-corrected chi connectivity index (χ2v) is 5.75. The summed E-state index contributed by atoms with van der Waals surface area (Å²) in [6, 6.07) is 9.78. The highest BCUT2D eigenvalue weighted by Gasteiger charge is 2.22. The molecule has 2 N–H and O–H groups in total. The molecule has 0 heterocycles. The Morgan fingerprint density at radius 2 is 1.83 bits per heavy atom. The normalized spacial score (nSPS) is 14.9. The minimum Gasteiger partial charge on any atom is -0.391 e. The van der Waals surface area contributed by atoms with Gasteiger partial charge in [0.25, 0.3) is 0 Å². The molecule has 18 heavy (non-hydrogen) atoms.